The van der Waals surface area contributed by atoms with Gasteiger partial charge < -0.3 is 5.73 Å². The van der Waals surface area contributed by atoms with Crippen LogP contribution in [0.4, 0.5) is 4.39 Å². The van der Waals surface area contributed by atoms with Crippen LogP contribution in [0.1, 0.15) is 12.5 Å². The van der Waals surface area contributed by atoms with Crippen molar-refractivity contribution in [3.8, 4) is 5.69 Å². The number of hydrogen-bond acceptors (Lipinski definition) is 2. The number of aromatic nitrogens is 2. The van der Waals surface area contributed by atoms with Crippen molar-refractivity contribution in [3.63, 3.8) is 0 Å². The summed E-state index contributed by atoms with van der Waals surface area (Å²) in [6.07, 6.45) is 2.32. The molecule has 0 radical (unpaired) electrons. The summed E-state index contributed by atoms with van der Waals surface area (Å²) in [4.78, 5) is 4.28. The van der Waals surface area contributed by atoms with Crippen molar-refractivity contribution in [3.05, 3.63) is 60.2 Å². The molecule has 0 spiro atoms. The third-order valence-corrected chi connectivity index (χ3v) is 3.28. The summed E-state index contributed by atoms with van der Waals surface area (Å²) in [7, 11) is 0. The topological polar surface area (TPSA) is 43.8 Å². The molecule has 102 valence electrons. The molecule has 3 nitrogen and oxygen atoms in total. The molecule has 0 amide bonds. The fourth-order valence-electron chi connectivity index (χ4n) is 2.40. The van der Waals surface area contributed by atoms with Crippen LogP contribution in [0.5, 0.6) is 0 Å². The number of imidazole rings is 1. The Bertz CT molecular complexity index is 746. The first-order chi connectivity index (χ1) is 9.65. The number of nitrogens with two attached hydrogens (primary N) is 1. The van der Waals surface area contributed by atoms with Gasteiger partial charge in [-0.25, -0.2) is 9.37 Å². The van der Waals surface area contributed by atoms with Crippen molar-refractivity contribution in [1.82, 2.24) is 9.55 Å². The highest BCUT2D eigenvalue weighted by Gasteiger charge is 2.10. The summed E-state index contributed by atoms with van der Waals surface area (Å²) in [5, 5.41) is 0. The standard InChI is InChI=1S/C16H16FN3/c1-11(18)8-12-6-7-15(13(17)9-12)20-10-19-14-4-2-3-5-16(14)20/h2-7,9-11H,8,18H2,1H3. The van der Waals surface area contributed by atoms with E-state index in [9.17, 15) is 4.39 Å². The first-order valence-corrected chi connectivity index (χ1v) is 6.61. The molecule has 3 rings (SSSR count). The van der Waals surface area contributed by atoms with Gasteiger partial charge in [-0.15, -0.1) is 0 Å². The highest BCUT2D eigenvalue weighted by molar-refractivity contribution is 5.77. The van der Waals surface area contributed by atoms with Crippen LogP contribution in [-0.2, 0) is 6.42 Å². The summed E-state index contributed by atoms with van der Waals surface area (Å²) in [5.41, 5.74) is 8.91. The molecular formula is C16H16FN3. The zero-order valence-corrected chi connectivity index (χ0v) is 11.3. The third kappa shape index (κ3) is 2.30. The van der Waals surface area contributed by atoms with Crippen LogP contribution in [0.25, 0.3) is 16.7 Å². The summed E-state index contributed by atoms with van der Waals surface area (Å²) in [6, 6.07) is 12.9. The Morgan fingerprint density at radius 1 is 1.25 bits per heavy atom. The molecule has 1 aromatic heterocycles. The minimum atomic E-state index is -0.258. The number of nitrogens with zero attached hydrogens (tertiary/aromatic N) is 2. The molecule has 0 bridgehead atoms. The molecule has 1 heterocycles. The van der Waals surface area contributed by atoms with E-state index in [-0.39, 0.29) is 11.9 Å². The minimum Gasteiger partial charge on any atom is -0.328 e. The molecule has 0 saturated carbocycles. The number of para-hydroxylation sites is 2. The number of rotatable bonds is 3. The average Bonchev–Trinajstić information content (AvgIpc) is 2.82. The quantitative estimate of drug-likeness (QED) is 0.794. The van der Waals surface area contributed by atoms with E-state index in [2.05, 4.69) is 4.98 Å². The Hall–Kier alpha value is -2.20. The smallest absolute Gasteiger partial charge is 0.147 e. The van der Waals surface area contributed by atoms with Crippen LogP contribution in [0.2, 0.25) is 0 Å². The van der Waals surface area contributed by atoms with Crippen LogP contribution in [0.15, 0.2) is 48.8 Å². The van der Waals surface area contributed by atoms with Gasteiger partial charge in [0.05, 0.1) is 16.7 Å². The van der Waals surface area contributed by atoms with E-state index in [0.717, 1.165) is 16.6 Å². The van der Waals surface area contributed by atoms with Crippen LogP contribution < -0.4 is 5.73 Å². The molecule has 0 aliphatic rings. The van der Waals surface area contributed by atoms with Crippen molar-refractivity contribution < 1.29 is 4.39 Å². The summed E-state index contributed by atoms with van der Waals surface area (Å²) in [6.45, 7) is 1.91. The molecule has 0 aliphatic heterocycles. The molecule has 1 atom stereocenters. The van der Waals surface area contributed by atoms with Gasteiger partial charge in [0, 0.05) is 6.04 Å². The first kappa shape index (κ1) is 12.8. The second-order valence-corrected chi connectivity index (χ2v) is 5.07. The Kier molecular flexibility index (Phi) is 3.24. The van der Waals surface area contributed by atoms with Crippen molar-refractivity contribution in [2.24, 2.45) is 5.73 Å². The van der Waals surface area contributed by atoms with Crippen LogP contribution >= 0.6 is 0 Å². The van der Waals surface area contributed by atoms with Gasteiger partial charge in [-0.3, -0.25) is 4.57 Å². The fraction of sp³-hybridized carbons (Fsp3) is 0.188. The Morgan fingerprint density at radius 3 is 2.80 bits per heavy atom. The Labute approximate surface area is 116 Å². The highest BCUT2D eigenvalue weighted by Crippen LogP contribution is 2.21. The Balaban J connectivity index is 2.06. The van der Waals surface area contributed by atoms with Gasteiger partial charge in [0.25, 0.3) is 0 Å². The van der Waals surface area contributed by atoms with E-state index in [1.807, 2.05) is 37.3 Å². The Morgan fingerprint density at radius 2 is 2.05 bits per heavy atom. The summed E-state index contributed by atoms with van der Waals surface area (Å²) >= 11 is 0. The van der Waals surface area contributed by atoms with E-state index < -0.39 is 0 Å². The van der Waals surface area contributed by atoms with E-state index in [1.54, 1.807) is 23.0 Å². The molecule has 0 fully saturated rings. The maximum atomic E-state index is 14.3. The lowest BCUT2D eigenvalue weighted by atomic mass is 10.1. The lowest BCUT2D eigenvalue weighted by Gasteiger charge is -2.09. The van der Waals surface area contributed by atoms with Gasteiger partial charge in [-0.2, -0.15) is 0 Å². The molecule has 20 heavy (non-hydrogen) atoms. The zero-order valence-electron chi connectivity index (χ0n) is 11.3. The van der Waals surface area contributed by atoms with Crippen LogP contribution in [-0.4, -0.2) is 15.6 Å². The zero-order chi connectivity index (χ0) is 14.1. The highest BCUT2D eigenvalue weighted by atomic mass is 19.1. The number of benzene rings is 2. The van der Waals surface area contributed by atoms with Crippen LogP contribution in [0.3, 0.4) is 0 Å². The van der Waals surface area contributed by atoms with Gasteiger partial charge in [0.1, 0.15) is 12.1 Å². The normalized spacial score (nSPS) is 12.8. The minimum absolute atomic E-state index is 0.0225. The second kappa shape index (κ2) is 5.06. The van der Waals surface area contributed by atoms with Gasteiger partial charge >= 0.3 is 0 Å². The number of hydrogen-bond donors (Lipinski definition) is 1. The second-order valence-electron chi connectivity index (χ2n) is 5.07. The van der Waals surface area contributed by atoms with Crippen molar-refractivity contribution in [1.29, 1.82) is 0 Å². The van der Waals surface area contributed by atoms with E-state index in [0.29, 0.717) is 12.1 Å². The maximum Gasteiger partial charge on any atom is 0.147 e. The fourth-order valence-corrected chi connectivity index (χ4v) is 2.40. The molecule has 0 saturated heterocycles. The number of halogens is 1. The van der Waals surface area contributed by atoms with Gasteiger partial charge in [0.15, 0.2) is 0 Å². The van der Waals surface area contributed by atoms with Crippen LogP contribution in [0, 0.1) is 5.82 Å². The lowest BCUT2D eigenvalue weighted by Crippen LogP contribution is -2.17. The first-order valence-electron chi connectivity index (χ1n) is 6.61. The summed E-state index contributed by atoms with van der Waals surface area (Å²) in [5.74, 6) is -0.258. The third-order valence-electron chi connectivity index (χ3n) is 3.28. The van der Waals surface area contributed by atoms with Crippen molar-refractivity contribution >= 4 is 11.0 Å². The molecule has 0 aliphatic carbocycles. The van der Waals surface area contributed by atoms with E-state index in [1.165, 1.54) is 0 Å². The molecule has 3 aromatic rings. The monoisotopic (exact) mass is 269 g/mol. The van der Waals surface area contributed by atoms with Gasteiger partial charge in [-0.1, -0.05) is 18.2 Å². The van der Waals surface area contributed by atoms with E-state index in [4.69, 9.17) is 5.73 Å². The molecule has 2 N–H and O–H groups in total. The molecular weight excluding hydrogens is 253 g/mol. The predicted molar refractivity (Wildman–Crippen MR) is 78.4 cm³/mol. The SMILES string of the molecule is CC(N)Cc1ccc(-n2cnc3ccccc32)c(F)c1. The van der Waals surface area contributed by atoms with Crippen molar-refractivity contribution in [2.45, 2.75) is 19.4 Å². The predicted octanol–water partition coefficient (Wildman–Crippen LogP) is 3.05. The summed E-state index contributed by atoms with van der Waals surface area (Å²) < 4.78 is 16.1. The number of fused-ring (bicyclic) bond motifs is 1. The molecule has 4 heteroatoms. The van der Waals surface area contributed by atoms with Crippen molar-refractivity contribution in [2.75, 3.05) is 0 Å². The largest absolute Gasteiger partial charge is 0.328 e. The lowest BCUT2D eigenvalue weighted by molar-refractivity contribution is 0.614. The van der Waals surface area contributed by atoms with Gasteiger partial charge in [-0.05, 0) is 43.2 Å². The van der Waals surface area contributed by atoms with Gasteiger partial charge in [0.2, 0.25) is 0 Å². The molecule has 2 aromatic carbocycles. The molecule has 1 unspecified atom stereocenters. The maximum absolute atomic E-state index is 14.3. The average molecular weight is 269 g/mol. The van der Waals surface area contributed by atoms with E-state index >= 15 is 0 Å².